The molecular weight excluding hydrogens is 460 g/mol. The van der Waals surface area contributed by atoms with E-state index in [1.807, 2.05) is 0 Å². The van der Waals surface area contributed by atoms with Gasteiger partial charge in [0.2, 0.25) is 5.78 Å². The number of ketones is 1. The Bertz CT molecular complexity index is 1170. The first kappa shape index (κ1) is 23.1. The van der Waals surface area contributed by atoms with Crippen LogP contribution in [0.4, 0.5) is 0 Å². The third-order valence-corrected chi connectivity index (χ3v) is 6.80. The molecule has 11 nitrogen and oxygen atoms in total. The molecule has 1 unspecified atom stereocenters. The Morgan fingerprint density at radius 1 is 1.24 bits per heavy atom. The number of benzene rings is 1. The first-order valence-electron chi connectivity index (χ1n) is 9.84. The molecule has 1 aromatic rings. The molecule has 0 aromatic heterocycles. The van der Waals surface area contributed by atoms with E-state index in [9.17, 15) is 39.9 Å². The number of halogens is 1. The van der Waals surface area contributed by atoms with Crippen LogP contribution in [0, 0.1) is 11.8 Å². The fraction of sp³-hybridized carbons (Fsp3) is 0.381. The number of aliphatic hydroxyl groups excluding tert-OH is 3. The van der Waals surface area contributed by atoms with Gasteiger partial charge in [0.15, 0.2) is 23.2 Å². The zero-order valence-electron chi connectivity index (χ0n) is 17.4. The number of esters is 1. The van der Waals surface area contributed by atoms with Crippen LogP contribution in [-0.2, 0) is 19.1 Å². The Balaban J connectivity index is 2.04. The van der Waals surface area contributed by atoms with Gasteiger partial charge in [-0.2, -0.15) is 0 Å². The monoisotopic (exact) mass is 480 g/mol. The van der Waals surface area contributed by atoms with Crippen LogP contribution >= 0.6 is 11.6 Å². The van der Waals surface area contributed by atoms with E-state index in [2.05, 4.69) is 0 Å². The highest BCUT2D eigenvalue weighted by molar-refractivity contribution is 6.32. The lowest BCUT2D eigenvalue weighted by atomic mass is 9.61. The number of nitrogens with two attached hydrogens (primary N) is 1. The number of fused-ring (bicyclic) bond motifs is 3. The van der Waals surface area contributed by atoms with E-state index in [4.69, 9.17) is 22.1 Å². The lowest BCUT2D eigenvalue weighted by molar-refractivity contribution is -0.176. The second-order valence-electron chi connectivity index (χ2n) is 8.45. The number of cyclic esters (lactones) is 1. The van der Waals surface area contributed by atoms with E-state index in [1.54, 1.807) is 0 Å². The minimum atomic E-state index is -2.91. The zero-order valence-corrected chi connectivity index (χ0v) is 18.2. The highest BCUT2D eigenvalue weighted by Crippen LogP contribution is 2.55. The van der Waals surface area contributed by atoms with Crippen LogP contribution in [0.25, 0.3) is 5.76 Å². The van der Waals surface area contributed by atoms with Crippen LogP contribution in [0.3, 0.4) is 0 Å². The first-order valence-corrected chi connectivity index (χ1v) is 10.2. The summed E-state index contributed by atoms with van der Waals surface area (Å²) in [5.41, 5.74) is 0.354. The van der Waals surface area contributed by atoms with Gasteiger partial charge in [-0.05, 0) is 32.6 Å². The summed E-state index contributed by atoms with van der Waals surface area (Å²) in [6, 6.07) is 2.46. The molecule has 7 N–H and O–H groups in total. The average molecular weight is 481 g/mol. The van der Waals surface area contributed by atoms with Crippen LogP contribution in [0.2, 0.25) is 5.02 Å². The Hall–Kier alpha value is -3.12. The summed E-state index contributed by atoms with van der Waals surface area (Å²) in [6.45, 7) is 0. The molecule has 5 atom stereocenters. The maximum Gasteiger partial charge on any atom is 0.348 e. The van der Waals surface area contributed by atoms with E-state index in [0.717, 1.165) is 6.07 Å². The SMILES string of the molecule is CN(C)C1OC(=O)C(C(N)=O)=C(O)[C@@]2(O)C(=O)C3=C(O)c4c(O)ccc(Cl)c4[C@@H](O)[C@H]3C[C@@H]12. The quantitative estimate of drug-likeness (QED) is 0.249. The van der Waals surface area contributed by atoms with Crippen molar-refractivity contribution in [3.63, 3.8) is 0 Å². The molecule has 1 aliphatic heterocycles. The number of phenolic OH excluding ortho intramolecular Hbond substituents is 1. The van der Waals surface area contributed by atoms with Gasteiger partial charge in [-0.3, -0.25) is 14.5 Å². The van der Waals surface area contributed by atoms with E-state index < -0.39 is 75.8 Å². The number of carbonyl (C=O) groups is 3. The minimum Gasteiger partial charge on any atom is -0.508 e. The summed E-state index contributed by atoms with van der Waals surface area (Å²) < 4.78 is 5.28. The third-order valence-electron chi connectivity index (χ3n) is 6.47. The van der Waals surface area contributed by atoms with Crippen LogP contribution in [0.5, 0.6) is 5.75 Å². The predicted molar refractivity (Wildman–Crippen MR) is 112 cm³/mol. The summed E-state index contributed by atoms with van der Waals surface area (Å²) in [5.74, 6) is -9.16. The maximum absolute atomic E-state index is 13.7. The summed E-state index contributed by atoms with van der Waals surface area (Å²) in [5, 5.41) is 54.6. The van der Waals surface area contributed by atoms with Gasteiger partial charge in [-0.1, -0.05) is 11.6 Å². The number of nitrogens with zero attached hydrogens (tertiary/aromatic N) is 1. The molecule has 0 bridgehead atoms. The molecule has 0 spiro atoms. The highest BCUT2D eigenvalue weighted by atomic mass is 35.5. The molecule has 0 saturated heterocycles. The van der Waals surface area contributed by atoms with Crippen molar-refractivity contribution in [1.29, 1.82) is 0 Å². The van der Waals surface area contributed by atoms with Gasteiger partial charge < -0.3 is 36.0 Å². The molecule has 33 heavy (non-hydrogen) atoms. The van der Waals surface area contributed by atoms with E-state index >= 15 is 0 Å². The summed E-state index contributed by atoms with van der Waals surface area (Å²) >= 11 is 6.19. The van der Waals surface area contributed by atoms with Gasteiger partial charge in [-0.15, -0.1) is 0 Å². The van der Waals surface area contributed by atoms with Crippen molar-refractivity contribution in [2.75, 3.05) is 14.1 Å². The average Bonchev–Trinajstić information content (AvgIpc) is 2.81. The molecule has 1 heterocycles. The number of rotatable bonds is 2. The second kappa shape index (κ2) is 7.45. The van der Waals surface area contributed by atoms with Crippen LogP contribution in [-0.4, -0.2) is 74.0 Å². The first-order chi connectivity index (χ1) is 15.3. The van der Waals surface area contributed by atoms with E-state index in [-0.39, 0.29) is 22.6 Å². The molecule has 4 rings (SSSR count). The van der Waals surface area contributed by atoms with Gasteiger partial charge in [-0.25, -0.2) is 4.79 Å². The van der Waals surface area contributed by atoms with Crippen molar-refractivity contribution in [3.8, 4) is 5.75 Å². The Morgan fingerprint density at radius 2 is 1.88 bits per heavy atom. The topological polar surface area (TPSA) is 191 Å². The van der Waals surface area contributed by atoms with Gasteiger partial charge in [0.25, 0.3) is 5.91 Å². The van der Waals surface area contributed by atoms with Crippen LogP contribution in [0.1, 0.15) is 23.7 Å². The number of aliphatic hydroxyl groups is 4. The number of Topliss-reactive ketones (excluding diaryl/α,β-unsaturated/α-hetero) is 1. The normalized spacial score (nSPS) is 31.6. The Labute approximate surface area is 191 Å². The van der Waals surface area contributed by atoms with Crippen molar-refractivity contribution in [2.24, 2.45) is 17.6 Å². The number of hydrogen-bond donors (Lipinski definition) is 6. The largest absolute Gasteiger partial charge is 0.508 e. The molecular formula is C21H21ClN2O9. The molecule has 176 valence electrons. The second-order valence-corrected chi connectivity index (χ2v) is 8.86. The minimum absolute atomic E-state index is 0.0180. The van der Waals surface area contributed by atoms with Gasteiger partial charge in [0, 0.05) is 22.1 Å². The number of amides is 1. The van der Waals surface area contributed by atoms with Crippen LogP contribution < -0.4 is 5.73 Å². The number of phenols is 1. The lowest BCUT2D eigenvalue weighted by Gasteiger charge is -2.47. The molecule has 3 aliphatic rings. The molecule has 1 saturated carbocycles. The van der Waals surface area contributed by atoms with E-state index in [1.165, 1.54) is 25.1 Å². The standard InChI is InChI=1S/C21H21ClN2O9/c1-24(2)19-7-5-6-10(15(27)12-9(25)4-3-8(22)11(12)14(6)26)16(28)21(7,32)17(29)13(18(23)30)20(31)33-19/h3-4,6-7,14,19,25-27,29,32H,5H2,1-2H3,(H2,23,30)/t6-,7-,14-,19?,21-/m0/s1. The highest BCUT2D eigenvalue weighted by Gasteiger charge is 2.64. The molecule has 1 amide bonds. The Kier molecular flexibility index (Phi) is 5.21. The Morgan fingerprint density at radius 3 is 2.45 bits per heavy atom. The number of aromatic hydroxyl groups is 1. The van der Waals surface area contributed by atoms with Crippen LogP contribution in [0.15, 0.2) is 29.0 Å². The molecule has 1 aromatic carbocycles. The third kappa shape index (κ3) is 2.97. The number of carbonyl (C=O) groups excluding carboxylic acids is 3. The van der Waals surface area contributed by atoms with E-state index in [0.29, 0.717) is 0 Å². The maximum atomic E-state index is 13.7. The smallest absolute Gasteiger partial charge is 0.348 e. The number of hydrogen-bond acceptors (Lipinski definition) is 10. The van der Waals surface area contributed by atoms with Crippen molar-refractivity contribution >= 4 is 35.0 Å². The fourth-order valence-corrected chi connectivity index (χ4v) is 5.23. The van der Waals surface area contributed by atoms with Gasteiger partial charge in [0.1, 0.15) is 11.5 Å². The molecule has 12 heteroatoms. The van der Waals surface area contributed by atoms with Gasteiger partial charge in [0.05, 0.1) is 17.6 Å². The lowest BCUT2D eigenvalue weighted by Crippen LogP contribution is -2.60. The number of ether oxygens (including phenoxy) is 1. The van der Waals surface area contributed by atoms with Gasteiger partial charge >= 0.3 is 5.97 Å². The zero-order chi connectivity index (χ0) is 24.6. The fourth-order valence-electron chi connectivity index (χ4n) is 4.96. The molecule has 1 fully saturated rings. The summed E-state index contributed by atoms with van der Waals surface area (Å²) in [7, 11) is 2.94. The predicted octanol–water partition coefficient (Wildman–Crippen LogP) is 0.0399. The summed E-state index contributed by atoms with van der Waals surface area (Å²) in [6.07, 6.45) is -3.12. The molecule has 0 radical (unpaired) electrons. The molecule has 2 aliphatic carbocycles. The van der Waals surface area contributed by atoms with Crippen molar-refractivity contribution in [1.82, 2.24) is 4.90 Å². The van der Waals surface area contributed by atoms with Crippen molar-refractivity contribution in [3.05, 3.63) is 45.2 Å². The summed E-state index contributed by atoms with van der Waals surface area (Å²) in [4.78, 5) is 39.4. The number of primary amides is 1. The van der Waals surface area contributed by atoms with Crippen molar-refractivity contribution in [2.45, 2.75) is 24.4 Å². The van der Waals surface area contributed by atoms with Crippen molar-refractivity contribution < 1.29 is 44.7 Å².